The molecule has 0 atom stereocenters. The molecule has 0 amide bonds. The van der Waals surface area contributed by atoms with Gasteiger partial charge in [-0.2, -0.15) is 0 Å². The molecule has 0 unspecified atom stereocenters. The van der Waals surface area contributed by atoms with Gasteiger partial charge in [0.2, 0.25) is 0 Å². The molecule has 0 aliphatic heterocycles. The van der Waals surface area contributed by atoms with Crippen LogP contribution in [-0.2, 0) is 13.6 Å². The van der Waals surface area contributed by atoms with Crippen molar-refractivity contribution in [2.45, 2.75) is 32.2 Å². The van der Waals surface area contributed by atoms with Crippen LogP contribution in [0.3, 0.4) is 0 Å². The first-order chi connectivity index (χ1) is 6.35. The largest absolute Gasteiger partial charge is 0.400 e. The van der Waals surface area contributed by atoms with Crippen LogP contribution in [0.1, 0.15) is 26.2 Å². The Bertz CT molecular complexity index is 96.9. The van der Waals surface area contributed by atoms with Crippen LogP contribution in [0.15, 0.2) is 0 Å². The van der Waals surface area contributed by atoms with Gasteiger partial charge in [-0.3, -0.25) is 0 Å². The Kier molecular flexibility index (Phi) is 10.3. The highest BCUT2D eigenvalue weighted by molar-refractivity contribution is 6.44. The maximum atomic E-state index is 5.37. The second-order valence-corrected chi connectivity index (χ2v) is 5.39. The Morgan fingerprint density at radius 3 is 2.23 bits per heavy atom. The van der Waals surface area contributed by atoms with Crippen molar-refractivity contribution in [2.24, 2.45) is 0 Å². The minimum absolute atomic E-state index is 0.877. The summed E-state index contributed by atoms with van der Waals surface area (Å²) in [7, 11) is 2.15. The van der Waals surface area contributed by atoms with Crippen LogP contribution in [-0.4, -0.2) is 36.7 Å². The summed E-state index contributed by atoms with van der Waals surface area (Å²) >= 11 is 0. The molecule has 0 aliphatic carbocycles. The molecular weight excluding hydrogens is 184 g/mol. The van der Waals surface area contributed by atoms with Gasteiger partial charge in [0, 0.05) is 27.4 Å². The molecule has 0 saturated heterocycles. The van der Waals surface area contributed by atoms with Crippen molar-refractivity contribution in [1.29, 1.82) is 0 Å². The van der Waals surface area contributed by atoms with Crippen molar-refractivity contribution in [1.82, 2.24) is 0 Å². The van der Waals surface area contributed by atoms with E-state index in [0.717, 1.165) is 38.5 Å². The third-order valence-electron chi connectivity index (χ3n) is 1.85. The average molecular weight is 206 g/mol. The second kappa shape index (κ2) is 10.2. The normalized spacial score (nSPS) is 11.1. The maximum absolute atomic E-state index is 5.37. The summed E-state index contributed by atoms with van der Waals surface area (Å²) in [4.78, 5) is 0. The van der Waals surface area contributed by atoms with Gasteiger partial charge in [-0.1, -0.05) is 6.92 Å². The van der Waals surface area contributed by atoms with Crippen LogP contribution >= 0.6 is 0 Å². The van der Waals surface area contributed by atoms with Gasteiger partial charge in [-0.05, 0) is 25.3 Å². The number of unbranched alkanes of at least 4 members (excludes halogenated alkanes) is 1. The van der Waals surface area contributed by atoms with Crippen molar-refractivity contribution >= 4 is 9.28 Å². The van der Waals surface area contributed by atoms with E-state index in [0.29, 0.717) is 0 Å². The molecular formula is C9H22O3Si. The van der Waals surface area contributed by atoms with E-state index in [1.54, 1.807) is 14.2 Å². The van der Waals surface area contributed by atoms with E-state index in [9.17, 15) is 0 Å². The summed E-state index contributed by atoms with van der Waals surface area (Å²) in [6.45, 7) is 3.89. The topological polar surface area (TPSA) is 27.7 Å². The van der Waals surface area contributed by atoms with Crippen LogP contribution in [0.2, 0.25) is 6.04 Å². The highest BCUT2D eigenvalue weighted by Gasteiger charge is 2.07. The predicted octanol–water partition coefficient (Wildman–Crippen LogP) is 1.71. The Balaban J connectivity index is 3.05. The fourth-order valence-corrected chi connectivity index (χ4v) is 2.38. The molecule has 0 N–H and O–H groups in total. The van der Waals surface area contributed by atoms with Gasteiger partial charge in [0.15, 0.2) is 0 Å². The molecule has 4 heteroatoms. The van der Waals surface area contributed by atoms with E-state index in [4.69, 9.17) is 13.6 Å². The van der Waals surface area contributed by atoms with Gasteiger partial charge in [-0.15, -0.1) is 0 Å². The lowest BCUT2D eigenvalue weighted by molar-refractivity contribution is 0.131. The lowest BCUT2D eigenvalue weighted by Crippen LogP contribution is -2.18. The van der Waals surface area contributed by atoms with E-state index in [2.05, 4.69) is 6.92 Å². The SMILES string of the molecule is CCCOCCCC[SiH](OC)OC. The van der Waals surface area contributed by atoms with Crippen molar-refractivity contribution in [2.75, 3.05) is 27.4 Å². The molecule has 80 valence electrons. The van der Waals surface area contributed by atoms with Crippen molar-refractivity contribution < 1.29 is 13.6 Å². The fourth-order valence-electron chi connectivity index (χ4n) is 1.09. The third kappa shape index (κ3) is 8.43. The predicted molar refractivity (Wildman–Crippen MR) is 56.3 cm³/mol. The zero-order valence-electron chi connectivity index (χ0n) is 9.04. The number of rotatable bonds is 9. The summed E-state index contributed by atoms with van der Waals surface area (Å²) in [6, 6.07) is 1.09. The number of ether oxygens (including phenoxy) is 1. The minimum atomic E-state index is -1.31. The zero-order chi connectivity index (χ0) is 9.94. The fraction of sp³-hybridized carbons (Fsp3) is 1.00. The molecule has 0 aromatic carbocycles. The van der Waals surface area contributed by atoms with Crippen molar-refractivity contribution in [3.05, 3.63) is 0 Å². The van der Waals surface area contributed by atoms with Gasteiger partial charge in [-0.25, -0.2) is 0 Å². The lowest BCUT2D eigenvalue weighted by atomic mass is 10.3. The van der Waals surface area contributed by atoms with Crippen LogP contribution in [0.5, 0.6) is 0 Å². The van der Waals surface area contributed by atoms with Crippen molar-refractivity contribution in [3.63, 3.8) is 0 Å². The molecule has 0 aliphatic rings. The van der Waals surface area contributed by atoms with E-state index >= 15 is 0 Å². The van der Waals surface area contributed by atoms with E-state index < -0.39 is 9.28 Å². The highest BCUT2D eigenvalue weighted by atomic mass is 28.3. The standard InChI is InChI=1S/C9H22O3Si/c1-4-7-12-8-5-6-9-13(10-2)11-3/h13H,4-9H2,1-3H3. The first-order valence-electron chi connectivity index (χ1n) is 4.98. The maximum Gasteiger partial charge on any atom is 0.320 e. The Labute approximate surface area is 83.2 Å². The molecule has 0 saturated carbocycles. The van der Waals surface area contributed by atoms with Crippen LogP contribution in [0, 0.1) is 0 Å². The lowest BCUT2D eigenvalue weighted by Gasteiger charge is -2.10. The van der Waals surface area contributed by atoms with Gasteiger partial charge in [0.25, 0.3) is 0 Å². The van der Waals surface area contributed by atoms with Gasteiger partial charge in [0.1, 0.15) is 0 Å². The quantitative estimate of drug-likeness (QED) is 0.424. The number of hydrogen-bond acceptors (Lipinski definition) is 3. The summed E-state index contributed by atoms with van der Waals surface area (Å²) < 4.78 is 15.8. The smallest absolute Gasteiger partial charge is 0.320 e. The van der Waals surface area contributed by atoms with Crippen molar-refractivity contribution in [3.8, 4) is 0 Å². The highest BCUT2D eigenvalue weighted by Crippen LogP contribution is 2.02. The monoisotopic (exact) mass is 206 g/mol. The summed E-state index contributed by atoms with van der Waals surface area (Å²) in [5.74, 6) is 0. The third-order valence-corrected chi connectivity index (χ3v) is 3.78. The van der Waals surface area contributed by atoms with Crippen LogP contribution in [0.4, 0.5) is 0 Å². The van der Waals surface area contributed by atoms with E-state index in [-0.39, 0.29) is 0 Å². The molecule has 3 nitrogen and oxygen atoms in total. The van der Waals surface area contributed by atoms with Crippen LogP contribution in [0.25, 0.3) is 0 Å². The van der Waals surface area contributed by atoms with Gasteiger partial charge >= 0.3 is 9.28 Å². The molecule has 0 radical (unpaired) electrons. The molecule has 0 aromatic heterocycles. The van der Waals surface area contributed by atoms with Crippen LogP contribution < -0.4 is 0 Å². The zero-order valence-corrected chi connectivity index (χ0v) is 10.2. The summed E-state index contributed by atoms with van der Waals surface area (Å²) in [6.07, 6.45) is 3.38. The molecule has 0 spiro atoms. The molecule has 0 rings (SSSR count). The first-order valence-corrected chi connectivity index (χ1v) is 6.74. The molecule has 0 heterocycles. The summed E-state index contributed by atoms with van der Waals surface area (Å²) in [5.41, 5.74) is 0. The Morgan fingerprint density at radius 2 is 1.69 bits per heavy atom. The van der Waals surface area contributed by atoms with E-state index in [1.807, 2.05) is 0 Å². The molecule has 0 bridgehead atoms. The van der Waals surface area contributed by atoms with Gasteiger partial charge in [0.05, 0.1) is 0 Å². The van der Waals surface area contributed by atoms with Gasteiger partial charge < -0.3 is 13.6 Å². The summed E-state index contributed by atoms with van der Waals surface area (Å²) in [5, 5.41) is 0. The molecule has 0 aromatic rings. The average Bonchev–Trinajstić information content (AvgIpc) is 2.17. The molecule has 13 heavy (non-hydrogen) atoms. The minimum Gasteiger partial charge on any atom is -0.400 e. The van der Waals surface area contributed by atoms with E-state index in [1.165, 1.54) is 0 Å². The second-order valence-electron chi connectivity index (χ2n) is 3.01. The Hall–Kier alpha value is 0.0969. The molecule has 0 fully saturated rings. The Morgan fingerprint density at radius 1 is 1.00 bits per heavy atom. The number of hydrogen-bond donors (Lipinski definition) is 0. The first kappa shape index (κ1) is 13.1.